The first kappa shape index (κ1) is 62.1. The van der Waals surface area contributed by atoms with E-state index < -0.39 is 83.9 Å². The maximum absolute atomic E-state index is 14.3. The molecular weight excluding hydrogens is 989 g/mol. The molecule has 3 heterocycles. The number of amides is 7. The zero-order chi connectivity index (χ0) is 56.1. The van der Waals surface area contributed by atoms with Crippen molar-refractivity contribution in [2.75, 3.05) is 24.6 Å². The first-order valence-corrected chi connectivity index (χ1v) is 26.0. The van der Waals surface area contributed by atoms with E-state index in [1.54, 1.807) is 26.8 Å². The number of esters is 1. The quantitative estimate of drug-likeness (QED) is 0.0153. The van der Waals surface area contributed by atoms with E-state index in [4.69, 9.17) is 35.2 Å². The topological polar surface area (TPSA) is 342 Å². The van der Waals surface area contributed by atoms with Crippen LogP contribution in [-0.2, 0) is 59.1 Å². The number of hydrogen-bond donors (Lipinski definition) is 9. The number of aliphatic hydroxyl groups excluding tert-OH is 1. The molecule has 1 aromatic rings. The number of hydrazine groups is 1. The summed E-state index contributed by atoms with van der Waals surface area (Å²) in [5.41, 5.74) is 15.9. The Labute approximate surface area is 444 Å². The Morgan fingerprint density at radius 2 is 1.66 bits per heavy atom. The largest absolute Gasteiger partial charge is 0.480 e. The van der Waals surface area contributed by atoms with Crippen LogP contribution >= 0.6 is 0 Å². The minimum atomic E-state index is -1.40. The summed E-state index contributed by atoms with van der Waals surface area (Å²) in [6.45, 7) is 12.9. The number of nitrogens with zero attached hydrogens (tertiary/aromatic N) is 1. The van der Waals surface area contributed by atoms with Gasteiger partial charge in [-0.25, -0.2) is 19.8 Å². The number of carboxylic acids is 1. The highest BCUT2D eigenvalue weighted by molar-refractivity contribution is 6.03. The minimum Gasteiger partial charge on any atom is -0.480 e. The van der Waals surface area contributed by atoms with Gasteiger partial charge < -0.3 is 61.3 Å². The van der Waals surface area contributed by atoms with Gasteiger partial charge >= 0.3 is 24.1 Å². The molecule has 0 saturated carbocycles. The first-order chi connectivity index (χ1) is 36.0. The number of nitrogens with two attached hydrogens (primary N) is 2. The number of urea groups is 1. The van der Waals surface area contributed by atoms with Crippen molar-refractivity contribution in [1.82, 2.24) is 26.8 Å². The number of carboxylic acid groups (broad SMARTS) is 1. The number of aliphatic hydroxyl groups is 1. The molecule has 11 atom stereocenters. The molecule has 4 rings (SSSR count). The molecule has 0 bridgehead atoms. The van der Waals surface area contributed by atoms with Crippen molar-refractivity contribution in [3.63, 3.8) is 0 Å². The van der Waals surface area contributed by atoms with Crippen molar-refractivity contribution in [1.29, 1.82) is 0 Å². The van der Waals surface area contributed by atoms with Crippen LogP contribution in [0.4, 0.5) is 15.3 Å². The Morgan fingerprint density at radius 1 is 0.947 bits per heavy atom. The van der Waals surface area contributed by atoms with E-state index >= 15 is 0 Å². The Hall–Kier alpha value is -6.40. The normalized spacial score (nSPS) is 24.5. The van der Waals surface area contributed by atoms with Gasteiger partial charge in [0.15, 0.2) is 0 Å². The van der Waals surface area contributed by atoms with E-state index in [0.29, 0.717) is 31.4 Å². The minimum absolute atomic E-state index is 0.0622. The summed E-state index contributed by atoms with van der Waals surface area (Å²) in [6, 6.07) is 2.59. The number of anilines is 1. The van der Waals surface area contributed by atoms with Crippen molar-refractivity contribution in [2.45, 2.75) is 180 Å². The van der Waals surface area contributed by atoms with E-state index in [0.717, 1.165) is 23.3 Å². The van der Waals surface area contributed by atoms with Crippen molar-refractivity contribution in [2.24, 2.45) is 23.3 Å². The highest BCUT2D eigenvalue weighted by atomic mass is 16.6. The maximum Gasteiger partial charge on any atom is 0.426 e. The van der Waals surface area contributed by atoms with Crippen molar-refractivity contribution in [3.05, 3.63) is 65.8 Å². The number of allylic oxidation sites excluding steroid dienone is 2. The van der Waals surface area contributed by atoms with Crippen LogP contribution < -0.4 is 43.2 Å². The molecule has 7 amide bonds. The Balaban J connectivity index is 1.29. The summed E-state index contributed by atoms with van der Waals surface area (Å²) >= 11 is 0. The molecule has 76 heavy (non-hydrogen) atoms. The molecule has 0 aromatic heterocycles. The second-order valence-corrected chi connectivity index (χ2v) is 20.2. The summed E-state index contributed by atoms with van der Waals surface area (Å²) in [5, 5.41) is 29.7. The Morgan fingerprint density at radius 3 is 2.29 bits per heavy atom. The van der Waals surface area contributed by atoms with Crippen LogP contribution in [0.3, 0.4) is 0 Å². The highest BCUT2D eigenvalue weighted by Gasteiger charge is 2.58. The van der Waals surface area contributed by atoms with Crippen molar-refractivity contribution >= 4 is 53.4 Å². The van der Waals surface area contributed by atoms with Gasteiger partial charge in [-0.15, -0.1) is 0 Å². The summed E-state index contributed by atoms with van der Waals surface area (Å²) in [5.74, 6) is -3.95. The molecule has 1 aromatic carbocycles. The molecular formula is C53H80N8O15. The van der Waals surface area contributed by atoms with Gasteiger partial charge in [-0.1, -0.05) is 63.1 Å². The second-order valence-electron chi connectivity index (χ2n) is 20.2. The number of ether oxygens (including phenoxy) is 5. The van der Waals surface area contributed by atoms with Crippen LogP contribution in [0, 0.1) is 11.8 Å². The fourth-order valence-corrected chi connectivity index (χ4v) is 9.05. The van der Waals surface area contributed by atoms with Crippen molar-refractivity contribution < 1.29 is 72.3 Å². The summed E-state index contributed by atoms with van der Waals surface area (Å²) in [6.07, 6.45) is 7.80. The molecule has 3 fully saturated rings. The van der Waals surface area contributed by atoms with E-state index in [1.165, 1.54) is 43.3 Å². The second kappa shape index (κ2) is 30.4. The number of epoxide rings is 1. The van der Waals surface area contributed by atoms with Crippen LogP contribution in [0.2, 0.25) is 0 Å². The van der Waals surface area contributed by atoms with Gasteiger partial charge in [0.2, 0.25) is 17.7 Å². The molecule has 422 valence electrons. The number of carbonyl (C=O) groups is 8. The fraction of sp³-hybridized carbons (Fsp3) is 0.623. The van der Waals surface area contributed by atoms with Gasteiger partial charge in [-0.05, 0) is 101 Å². The van der Waals surface area contributed by atoms with Gasteiger partial charge in [0.05, 0.1) is 37.4 Å². The van der Waals surface area contributed by atoms with Crippen LogP contribution in [-0.4, -0.2) is 138 Å². The van der Waals surface area contributed by atoms with E-state index in [-0.39, 0.29) is 93.5 Å². The van der Waals surface area contributed by atoms with E-state index in [9.17, 15) is 48.6 Å². The van der Waals surface area contributed by atoms with Crippen LogP contribution in [0.1, 0.15) is 118 Å². The number of rotatable bonds is 27. The first-order valence-electron chi connectivity index (χ1n) is 26.0. The van der Waals surface area contributed by atoms with Gasteiger partial charge in [0.1, 0.15) is 42.6 Å². The standard InChI is InChI=1S/C53H80N8O15/c1-31(2)47(58-44(63)13-9-8-10-24-54)49(67)61(41(50(68)69)12-11-25-56-51(55)70)38-19-17-37(18-20-38)29-72-52(71)60-59-46(65)27-39-28-53(30-73-53)48(66)43(76-39)22-15-32(3)14-21-42-33(4)26-40(35(6)75-42)57-45(64)23-16-34(5)74-36(7)62/h14-20,22-23,31,33-35,39-43,47-48,66H,8-13,21,24-30,54H2,1-7H3,(H,57,64)(H,58,63)(H,59,65)(H,60,71)(H,68,69)(H3,55,56,70)/b22-15+,23-16-,32-14+/t33-,34-,35+,39+,40+,41-,42-,43+,47-,48+,53+/m0/s1. The average molecular weight is 1070 g/mol. The zero-order valence-corrected chi connectivity index (χ0v) is 44.8. The van der Waals surface area contributed by atoms with E-state index in [2.05, 4.69) is 33.7 Å². The number of primary amides is 1. The lowest BCUT2D eigenvalue weighted by molar-refractivity contribution is -0.146. The maximum atomic E-state index is 14.3. The molecule has 0 aliphatic carbocycles. The Kier molecular flexibility index (Phi) is 24.8. The summed E-state index contributed by atoms with van der Waals surface area (Å²) in [4.78, 5) is 102. The average Bonchev–Trinajstić information content (AvgIpc) is 4.14. The van der Waals surface area contributed by atoms with Crippen LogP contribution in [0.5, 0.6) is 0 Å². The SMILES string of the molecule is CC(=O)O[C@@H](C)/C=C\C(=O)N[C@@H]1C[C@H](C)[C@H](C/C=C(C)/C=C/[C@H]2O[C@H](CC(=O)NNC(=O)OCc3ccc(N(C(=O)[C@@H](NC(=O)CCCCCN)C(C)C)[C@@H](CCCNC(N)=O)C(=O)O)cc3)C[C@@]3(CO3)[C@@H]2O)O[C@@H]1C. The number of unbranched alkanes of at least 4 members (excludes halogenated alkanes) is 2. The summed E-state index contributed by atoms with van der Waals surface area (Å²) in [7, 11) is 0. The number of carbonyl (C=O) groups excluding carboxylic acids is 7. The number of aliphatic carboxylic acids is 1. The smallest absolute Gasteiger partial charge is 0.426 e. The lowest BCUT2D eigenvalue weighted by Gasteiger charge is -2.39. The molecule has 23 heteroatoms. The van der Waals surface area contributed by atoms with Gasteiger partial charge in [-0.3, -0.25) is 34.3 Å². The van der Waals surface area contributed by atoms with Gasteiger partial charge in [0.25, 0.3) is 5.91 Å². The molecule has 3 aliphatic rings. The number of nitrogens with one attached hydrogen (secondary N) is 5. The predicted molar refractivity (Wildman–Crippen MR) is 278 cm³/mol. The molecule has 23 nitrogen and oxygen atoms in total. The molecule has 3 aliphatic heterocycles. The summed E-state index contributed by atoms with van der Waals surface area (Å²) < 4.78 is 28.5. The third-order valence-electron chi connectivity index (χ3n) is 13.4. The molecule has 0 unspecified atom stereocenters. The zero-order valence-electron chi connectivity index (χ0n) is 44.8. The lowest BCUT2D eigenvalue weighted by atomic mass is 9.87. The van der Waals surface area contributed by atoms with Crippen LogP contribution in [0.15, 0.2) is 60.2 Å². The molecule has 1 spiro atoms. The third-order valence-corrected chi connectivity index (χ3v) is 13.4. The van der Waals surface area contributed by atoms with Gasteiger partial charge in [0, 0.05) is 38.1 Å². The van der Waals surface area contributed by atoms with Gasteiger partial charge in [-0.2, -0.15) is 0 Å². The van der Waals surface area contributed by atoms with Crippen LogP contribution in [0.25, 0.3) is 0 Å². The Bertz CT molecular complexity index is 2240. The molecule has 0 radical (unpaired) electrons. The fourth-order valence-electron chi connectivity index (χ4n) is 9.05. The van der Waals surface area contributed by atoms with Crippen molar-refractivity contribution in [3.8, 4) is 0 Å². The lowest BCUT2D eigenvalue weighted by Crippen LogP contribution is -2.56. The monoisotopic (exact) mass is 1070 g/mol. The molecule has 11 N–H and O–H groups in total. The molecule has 3 saturated heterocycles. The van der Waals surface area contributed by atoms with E-state index in [1.807, 2.05) is 26.0 Å². The number of hydrogen-bond acceptors (Lipinski definition) is 15. The third kappa shape index (κ3) is 20.3. The predicted octanol–water partition coefficient (Wildman–Crippen LogP) is 3.21. The number of benzene rings is 1. The highest BCUT2D eigenvalue weighted by Crippen LogP contribution is 2.43.